The number of fused-ring (bicyclic) bond motifs is 6. The van der Waals surface area contributed by atoms with Crippen LogP contribution in [0.4, 0.5) is 0 Å². The highest BCUT2D eigenvalue weighted by atomic mass is 15.0. The van der Waals surface area contributed by atoms with Crippen molar-refractivity contribution >= 4 is 65.5 Å². The molecule has 1 aliphatic rings. The van der Waals surface area contributed by atoms with E-state index in [0.29, 0.717) is 0 Å². The lowest BCUT2D eigenvalue weighted by atomic mass is 10.00. The maximum atomic E-state index is 4.15. The first kappa shape index (κ1) is 29.8. The summed E-state index contributed by atoms with van der Waals surface area (Å²) in [4.78, 5) is 0. The average Bonchev–Trinajstić information content (AvgIpc) is 3.83. The zero-order valence-electron chi connectivity index (χ0n) is 29.3. The third kappa shape index (κ3) is 4.33. The lowest BCUT2D eigenvalue weighted by Crippen LogP contribution is -1.95. The highest BCUT2D eigenvalue weighted by Gasteiger charge is 2.22. The van der Waals surface area contributed by atoms with Crippen molar-refractivity contribution in [2.45, 2.75) is 6.92 Å². The number of benzene rings is 8. The van der Waals surface area contributed by atoms with Gasteiger partial charge in [0.1, 0.15) is 0 Å². The monoisotopic (exact) mass is 674 g/mol. The van der Waals surface area contributed by atoms with Crippen molar-refractivity contribution in [1.29, 1.82) is 0 Å². The van der Waals surface area contributed by atoms with Crippen molar-refractivity contribution in [3.05, 3.63) is 194 Å². The molecule has 1 aliphatic carbocycles. The first-order chi connectivity index (χ1) is 26.2. The summed E-state index contributed by atoms with van der Waals surface area (Å²) in [7, 11) is 0. The normalized spacial score (nSPS) is 12.6. The molecule has 0 amide bonds. The van der Waals surface area contributed by atoms with E-state index in [4.69, 9.17) is 0 Å². The molecule has 0 unspecified atom stereocenters. The van der Waals surface area contributed by atoms with Crippen molar-refractivity contribution < 1.29 is 0 Å². The zero-order chi connectivity index (χ0) is 35.2. The van der Waals surface area contributed by atoms with Gasteiger partial charge in [0.25, 0.3) is 0 Å². The zero-order valence-corrected chi connectivity index (χ0v) is 29.3. The van der Waals surface area contributed by atoms with E-state index in [0.717, 1.165) is 5.69 Å². The number of hydrogen-bond donors (Lipinski definition) is 0. The van der Waals surface area contributed by atoms with Gasteiger partial charge < -0.3 is 9.13 Å². The molecular formula is C51H34N2. The minimum atomic E-state index is 1.16. The third-order valence-electron chi connectivity index (χ3n) is 11.4. The highest BCUT2D eigenvalue weighted by Crippen LogP contribution is 2.45. The molecule has 0 radical (unpaired) electrons. The highest BCUT2D eigenvalue weighted by molar-refractivity contribution is 6.17. The number of rotatable bonds is 5. The van der Waals surface area contributed by atoms with Crippen LogP contribution >= 0.6 is 0 Å². The van der Waals surface area contributed by atoms with E-state index in [1.807, 2.05) is 6.08 Å². The molecule has 8 aromatic carbocycles. The minimum Gasteiger partial charge on any atom is -0.309 e. The second kappa shape index (κ2) is 11.3. The number of aromatic nitrogens is 2. The molecule has 2 aromatic heterocycles. The van der Waals surface area contributed by atoms with Crippen LogP contribution in [0, 0.1) is 0 Å². The van der Waals surface area contributed by atoms with Crippen molar-refractivity contribution in [2.75, 3.05) is 0 Å². The fraction of sp³-hybridized carbons (Fsp3) is 0.0196. The number of para-hydroxylation sites is 2. The van der Waals surface area contributed by atoms with Crippen molar-refractivity contribution in [1.82, 2.24) is 9.13 Å². The second-order valence-electron chi connectivity index (χ2n) is 14.2. The van der Waals surface area contributed by atoms with Gasteiger partial charge >= 0.3 is 0 Å². The van der Waals surface area contributed by atoms with Gasteiger partial charge in [0.15, 0.2) is 0 Å². The summed E-state index contributed by atoms with van der Waals surface area (Å²) in [5.41, 5.74) is 17.1. The van der Waals surface area contributed by atoms with Gasteiger partial charge in [0, 0.05) is 32.9 Å². The number of nitrogens with zero attached hydrogens (tertiary/aromatic N) is 2. The Kier molecular flexibility index (Phi) is 6.35. The summed E-state index contributed by atoms with van der Waals surface area (Å²) in [5.74, 6) is 0. The molecule has 0 saturated heterocycles. The van der Waals surface area contributed by atoms with Gasteiger partial charge in [-0.2, -0.15) is 0 Å². The SMILES string of the molecule is C=CC1=C(C)c2cc(-n3c4ccccc4c4cc(-c5ccc6c(c5)c5ccccc5n6-c5cccc(-c6ccccc6)c5)ccc43)cc3cccc1c23. The summed E-state index contributed by atoms with van der Waals surface area (Å²) < 4.78 is 4.85. The quantitative estimate of drug-likeness (QED) is 0.172. The molecule has 2 heteroatoms. The molecule has 11 rings (SSSR count). The summed E-state index contributed by atoms with van der Waals surface area (Å²) in [5, 5.41) is 7.60. The summed E-state index contributed by atoms with van der Waals surface area (Å²) in [6.45, 7) is 6.37. The van der Waals surface area contributed by atoms with Crippen LogP contribution in [0.1, 0.15) is 18.1 Å². The lowest BCUT2D eigenvalue weighted by molar-refractivity contribution is 1.18. The van der Waals surface area contributed by atoms with E-state index in [1.54, 1.807) is 0 Å². The fourth-order valence-electron chi connectivity index (χ4n) is 8.99. The van der Waals surface area contributed by atoms with Crippen LogP contribution in [-0.4, -0.2) is 9.13 Å². The molecule has 0 saturated carbocycles. The largest absolute Gasteiger partial charge is 0.309 e. The van der Waals surface area contributed by atoms with E-state index in [-0.39, 0.29) is 0 Å². The third-order valence-corrected chi connectivity index (χ3v) is 11.4. The first-order valence-electron chi connectivity index (χ1n) is 18.3. The van der Waals surface area contributed by atoms with Crippen LogP contribution in [0.5, 0.6) is 0 Å². The Balaban J connectivity index is 1.08. The smallest absolute Gasteiger partial charge is 0.0541 e. The molecule has 0 spiro atoms. The van der Waals surface area contributed by atoms with Crippen LogP contribution < -0.4 is 0 Å². The molecule has 0 fully saturated rings. The van der Waals surface area contributed by atoms with Crippen LogP contribution in [0.3, 0.4) is 0 Å². The molecule has 2 heterocycles. The Morgan fingerprint density at radius 1 is 0.415 bits per heavy atom. The van der Waals surface area contributed by atoms with E-state index in [1.165, 1.54) is 105 Å². The Hall–Kier alpha value is -6.90. The van der Waals surface area contributed by atoms with Gasteiger partial charge in [0.2, 0.25) is 0 Å². The maximum absolute atomic E-state index is 4.15. The van der Waals surface area contributed by atoms with E-state index < -0.39 is 0 Å². The molecule has 0 N–H and O–H groups in total. The Bertz CT molecular complexity index is 3190. The molecule has 0 atom stereocenters. The van der Waals surface area contributed by atoms with Gasteiger partial charge in [-0.15, -0.1) is 0 Å². The Labute approximate surface area is 307 Å². The van der Waals surface area contributed by atoms with E-state index in [9.17, 15) is 0 Å². The number of allylic oxidation sites excluding steroid dienone is 3. The summed E-state index contributed by atoms with van der Waals surface area (Å²) in [6.07, 6.45) is 2.00. The maximum Gasteiger partial charge on any atom is 0.0541 e. The predicted octanol–water partition coefficient (Wildman–Crippen LogP) is 13.8. The predicted molar refractivity (Wildman–Crippen MR) is 226 cm³/mol. The van der Waals surface area contributed by atoms with E-state index in [2.05, 4.69) is 192 Å². The molecule has 0 aliphatic heterocycles. The van der Waals surface area contributed by atoms with Gasteiger partial charge in [-0.3, -0.25) is 0 Å². The van der Waals surface area contributed by atoms with Crippen LogP contribution in [-0.2, 0) is 0 Å². The van der Waals surface area contributed by atoms with E-state index >= 15 is 0 Å². The van der Waals surface area contributed by atoms with Gasteiger partial charge in [-0.25, -0.2) is 0 Å². The van der Waals surface area contributed by atoms with Crippen LogP contribution in [0.15, 0.2) is 183 Å². The number of hydrogen-bond acceptors (Lipinski definition) is 0. The van der Waals surface area contributed by atoms with Gasteiger partial charge in [0.05, 0.1) is 22.1 Å². The first-order valence-corrected chi connectivity index (χ1v) is 18.3. The average molecular weight is 675 g/mol. The van der Waals surface area contributed by atoms with Crippen molar-refractivity contribution in [3.63, 3.8) is 0 Å². The Morgan fingerprint density at radius 3 is 1.66 bits per heavy atom. The topological polar surface area (TPSA) is 9.86 Å². The fourth-order valence-corrected chi connectivity index (χ4v) is 8.99. The standard InChI is InChI=1S/C51H34N2/c1-3-40-32(2)44-31-39(28-37-16-12-20-43(40)51(37)44)53-48-22-10-8-19-42(48)46-30-36(24-26-50(46)53)35-23-25-49-45(29-35)41-18-7-9-21-47(41)52(49)38-17-11-15-34(27-38)33-13-5-4-6-14-33/h3-31H,1H2,2H3. The van der Waals surface area contributed by atoms with Gasteiger partial charge in [-0.1, -0.05) is 122 Å². The van der Waals surface area contributed by atoms with Crippen LogP contribution in [0.2, 0.25) is 0 Å². The minimum absolute atomic E-state index is 1.16. The molecule has 0 bridgehead atoms. The summed E-state index contributed by atoms with van der Waals surface area (Å²) in [6, 6.07) is 62.4. The van der Waals surface area contributed by atoms with Crippen molar-refractivity contribution in [2.24, 2.45) is 0 Å². The molecule has 248 valence electrons. The molecule has 2 nitrogen and oxygen atoms in total. The lowest BCUT2D eigenvalue weighted by Gasteiger charge is -2.12. The van der Waals surface area contributed by atoms with Crippen molar-refractivity contribution in [3.8, 4) is 33.6 Å². The van der Waals surface area contributed by atoms with Gasteiger partial charge in [-0.05, 0) is 123 Å². The van der Waals surface area contributed by atoms with Crippen LogP contribution in [0.25, 0.3) is 99.2 Å². The molecule has 10 aromatic rings. The molecule has 53 heavy (non-hydrogen) atoms. The summed E-state index contributed by atoms with van der Waals surface area (Å²) >= 11 is 0. The Morgan fingerprint density at radius 2 is 0.981 bits per heavy atom. The molecular weight excluding hydrogens is 641 g/mol. The second-order valence-corrected chi connectivity index (χ2v) is 14.2.